The fraction of sp³-hybridized carbons (Fsp3) is 0.250. The van der Waals surface area contributed by atoms with E-state index in [4.69, 9.17) is 14.0 Å². The summed E-state index contributed by atoms with van der Waals surface area (Å²) < 4.78 is 16.0. The Hall–Kier alpha value is -3.13. The topological polar surface area (TPSA) is 77.7 Å². The molecule has 8 heteroatoms. The lowest BCUT2D eigenvalue weighted by molar-refractivity contribution is -0.124. The van der Waals surface area contributed by atoms with Crippen LogP contribution in [0, 0.1) is 0 Å². The number of ether oxygens (including phenoxy) is 2. The number of likely N-dealkylation sites (tertiary alicyclic amines) is 1. The third kappa shape index (κ3) is 3.27. The van der Waals surface area contributed by atoms with E-state index in [2.05, 4.69) is 10.1 Å². The van der Waals surface area contributed by atoms with Crippen molar-refractivity contribution in [2.75, 3.05) is 19.9 Å². The zero-order valence-electron chi connectivity index (χ0n) is 14.9. The SMILES string of the molecule is O=C(C=Cc1ccc2c(c1)OCO2)N1CCC(c2noc(-c3cccs3)n2)C1. The molecule has 1 atom stereocenters. The molecule has 3 aromatic rings. The summed E-state index contributed by atoms with van der Waals surface area (Å²) >= 11 is 1.56. The third-order valence-electron chi connectivity index (χ3n) is 4.85. The Kier molecular flexibility index (Phi) is 4.32. The van der Waals surface area contributed by atoms with Gasteiger partial charge in [-0.1, -0.05) is 17.3 Å². The molecule has 0 N–H and O–H groups in total. The number of carbonyl (C=O) groups excluding carboxylic acids is 1. The molecule has 28 heavy (non-hydrogen) atoms. The molecule has 5 rings (SSSR count). The number of thiophene rings is 1. The van der Waals surface area contributed by atoms with Crippen molar-refractivity contribution in [3.63, 3.8) is 0 Å². The molecule has 1 unspecified atom stereocenters. The lowest BCUT2D eigenvalue weighted by atomic mass is 10.1. The minimum absolute atomic E-state index is 0.0258. The zero-order valence-corrected chi connectivity index (χ0v) is 15.7. The van der Waals surface area contributed by atoms with Crippen LogP contribution in [0.4, 0.5) is 0 Å². The molecule has 7 nitrogen and oxygen atoms in total. The fourth-order valence-corrected chi connectivity index (χ4v) is 4.01. The first-order valence-electron chi connectivity index (χ1n) is 9.00. The van der Waals surface area contributed by atoms with Crippen molar-refractivity contribution in [1.29, 1.82) is 0 Å². The van der Waals surface area contributed by atoms with Gasteiger partial charge < -0.3 is 18.9 Å². The van der Waals surface area contributed by atoms with Gasteiger partial charge in [-0.05, 0) is 41.6 Å². The maximum absolute atomic E-state index is 12.5. The molecule has 0 radical (unpaired) electrons. The molecule has 142 valence electrons. The predicted octanol–water partition coefficient (Wildman–Crippen LogP) is 3.56. The van der Waals surface area contributed by atoms with Gasteiger partial charge in [0.25, 0.3) is 5.89 Å². The molecule has 1 amide bonds. The van der Waals surface area contributed by atoms with Crippen molar-refractivity contribution in [2.45, 2.75) is 12.3 Å². The Morgan fingerprint density at radius 2 is 2.18 bits per heavy atom. The van der Waals surface area contributed by atoms with Gasteiger partial charge in [-0.25, -0.2) is 0 Å². The van der Waals surface area contributed by atoms with E-state index in [0.717, 1.165) is 22.6 Å². The van der Waals surface area contributed by atoms with Crippen LogP contribution in [0.5, 0.6) is 11.5 Å². The standard InChI is InChI=1S/C20H17N3O4S/c24-18(6-4-13-3-5-15-16(10-13)26-12-25-15)23-8-7-14(11-23)19-21-20(27-22-19)17-2-1-9-28-17/h1-6,9-10,14H,7-8,11-12H2. The summed E-state index contributed by atoms with van der Waals surface area (Å²) in [5.74, 6) is 2.71. The Bertz CT molecular complexity index is 1030. The summed E-state index contributed by atoms with van der Waals surface area (Å²) in [5.41, 5.74) is 0.895. The second-order valence-electron chi connectivity index (χ2n) is 6.65. The van der Waals surface area contributed by atoms with E-state index in [0.29, 0.717) is 30.6 Å². The smallest absolute Gasteiger partial charge is 0.267 e. The van der Waals surface area contributed by atoms with E-state index in [9.17, 15) is 4.79 Å². The minimum atomic E-state index is -0.0258. The van der Waals surface area contributed by atoms with E-state index >= 15 is 0 Å². The van der Waals surface area contributed by atoms with Crippen LogP contribution in [0.3, 0.4) is 0 Å². The molecule has 1 aromatic carbocycles. The van der Waals surface area contributed by atoms with Gasteiger partial charge in [0.1, 0.15) is 0 Å². The second kappa shape index (κ2) is 7.12. The number of benzene rings is 1. The number of hydrogen-bond acceptors (Lipinski definition) is 7. The van der Waals surface area contributed by atoms with Crippen molar-refractivity contribution in [3.8, 4) is 22.3 Å². The monoisotopic (exact) mass is 395 g/mol. The molecular weight excluding hydrogens is 378 g/mol. The first-order chi connectivity index (χ1) is 13.8. The number of aromatic nitrogens is 2. The van der Waals surface area contributed by atoms with Gasteiger partial charge in [-0.3, -0.25) is 4.79 Å². The summed E-state index contributed by atoms with van der Waals surface area (Å²) in [7, 11) is 0. The molecule has 0 spiro atoms. The molecule has 1 fully saturated rings. The first-order valence-corrected chi connectivity index (χ1v) is 9.88. The zero-order chi connectivity index (χ0) is 18.9. The number of nitrogens with zero attached hydrogens (tertiary/aromatic N) is 3. The highest BCUT2D eigenvalue weighted by Crippen LogP contribution is 2.33. The molecule has 4 heterocycles. The Morgan fingerprint density at radius 1 is 1.25 bits per heavy atom. The van der Waals surface area contributed by atoms with Gasteiger partial charge in [0.2, 0.25) is 12.7 Å². The van der Waals surface area contributed by atoms with Crippen LogP contribution in [0.1, 0.15) is 23.7 Å². The van der Waals surface area contributed by atoms with E-state index < -0.39 is 0 Å². The summed E-state index contributed by atoms with van der Waals surface area (Å²) in [6.45, 7) is 1.51. The Labute approximate surface area is 165 Å². The lowest BCUT2D eigenvalue weighted by Gasteiger charge is -2.13. The van der Waals surface area contributed by atoms with Crippen molar-refractivity contribution < 1.29 is 18.8 Å². The highest BCUT2D eigenvalue weighted by molar-refractivity contribution is 7.13. The summed E-state index contributed by atoms with van der Waals surface area (Å²) in [4.78, 5) is 19.8. The van der Waals surface area contributed by atoms with Gasteiger partial charge in [-0.2, -0.15) is 4.98 Å². The molecule has 0 saturated carbocycles. The lowest BCUT2D eigenvalue weighted by Crippen LogP contribution is -2.26. The van der Waals surface area contributed by atoms with Crippen molar-refractivity contribution in [2.24, 2.45) is 0 Å². The van der Waals surface area contributed by atoms with E-state index in [1.165, 1.54) is 0 Å². The quantitative estimate of drug-likeness (QED) is 0.629. The average molecular weight is 395 g/mol. The van der Waals surface area contributed by atoms with Crippen molar-refractivity contribution in [3.05, 3.63) is 53.2 Å². The molecule has 0 bridgehead atoms. The summed E-state index contributed by atoms with van der Waals surface area (Å²) in [6.07, 6.45) is 4.21. The average Bonchev–Trinajstić information content (AvgIpc) is 3.50. The molecule has 0 aliphatic carbocycles. The molecule has 2 aromatic heterocycles. The van der Waals surface area contributed by atoms with Crippen molar-refractivity contribution in [1.82, 2.24) is 15.0 Å². The predicted molar refractivity (Wildman–Crippen MR) is 103 cm³/mol. The van der Waals surface area contributed by atoms with Crippen LogP contribution in [-0.4, -0.2) is 40.8 Å². The van der Waals surface area contributed by atoms with Crippen LogP contribution < -0.4 is 9.47 Å². The van der Waals surface area contributed by atoms with Gasteiger partial charge in [0, 0.05) is 25.1 Å². The number of fused-ring (bicyclic) bond motifs is 1. The van der Waals surface area contributed by atoms with Gasteiger partial charge in [-0.15, -0.1) is 11.3 Å². The third-order valence-corrected chi connectivity index (χ3v) is 5.71. The Morgan fingerprint density at radius 3 is 3.07 bits per heavy atom. The summed E-state index contributed by atoms with van der Waals surface area (Å²) in [5, 5.41) is 6.09. The highest BCUT2D eigenvalue weighted by Gasteiger charge is 2.30. The van der Waals surface area contributed by atoms with Crippen LogP contribution in [0.25, 0.3) is 16.8 Å². The molecule has 2 aliphatic rings. The molecular formula is C20H17N3O4S. The van der Waals surface area contributed by atoms with E-state index in [1.54, 1.807) is 23.5 Å². The number of hydrogen-bond donors (Lipinski definition) is 0. The number of rotatable bonds is 4. The highest BCUT2D eigenvalue weighted by atomic mass is 32.1. The summed E-state index contributed by atoms with van der Waals surface area (Å²) in [6, 6.07) is 9.51. The first kappa shape index (κ1) is 17.0. The van der Waals surface area contributed by atoms with Crippen molar-refractivity contribution >= 4 is 23.3 Å². The van der Waals surface area contributed by atoms with Crippen LogP contribution in [0.2, 0.25) is 0 Å². The molecule has 1 saturated heterocycles. The van der Waals surface area contributed by atoms with Crippen LogP contribution >= 0.6 is 11.3 Å². The van der Waals surface area contributed by atoms with E-state index in [1.807, 2.05) is 40.6 Å². The minimum Gasteiger partial charge on any atom is -0.454 e. The second-order valence-corrected chi connectivity index (χ2v) is 7.60. The number of amides is 1. The fourth-order valence-electron chi connectivity index (χ4n) is 3.36. The van der Waals surface area contributed by atoms with Crippen LogP contribution in [-0.2, 0) is 4.79 Å². The van der Waals surface area contributed by atoms with Crippen LogP contribution in [0.15, 0.2) is 46.3 Å². The van der Waals surface area contributed by atoms with Gasteiger partial charge >= 0.3 is 0 Å². The molecule has 2 aliphatic heterocycles. The van der Waals surface area contributed by atoms with Gasteiger partial charge in [0.15, 0.2) is 17.3 Å². The number of carbonyl (C=O) groups is 1. The maximum Gasteiger partial charge on any atom is 0.267 e. The van der Waals surface area contributed by atoms with E-state index in [-0.39, 0.29) is 18.6 Å². The largest absolute Gasteiger partial charge is 0.454 e. The maximum atomic E-state index is 12.5. The Balaban J connectivity index is 1.23. The normalized spacial score (nSPS) is 18.3. The van der Waals surface area contributed by atoms with Gasteiger partial charge in [0.05, 0.1) is 4.88 Å².